The molecule has 0 saturated heterocycles. The summed E-state index contributed by atoms with van der Waals surface area (Å²) in [6.07, 6.45) is 6.18. The average Bonchev–Trinajstić information content (AvgIpc) is 3.00. The lowest BCUT2D eigenvalue weighted by atomic mass is 9.87. The first-order valence-electron chi connectivity index (χ1n) is 5.94. The summed E-state index contributed by atoms with van der Waals surface area (Å²) in [6, 6.07) is 0. The van der Waals surface area contributed by atoms with Gasteiger partial charge in [-0.1, -0.05) is 0 Å². The van der Waals surface area contributed by atoms with Crippen molar-refractivity contribution in [3.05, 3.63) is 29.0 Å². The third kappa shape index (κ3) is 2.03. The third-order valence-corrected chi connectivity index (χ3v) is 4.07. The van der Waals surface area contributed by atoms with Crippen molar-refractivity contribution in [2.45, 2.75) is 19.3 Å². The number of rotatable bonds is 2. The molecule has 1 amide bonds. The minimum absolute atomic E-state index is 0.0248. The summed E-state index contributed by atoms with van der Waals surface area (Å²) in [7, 11) is 1.93. The standard InChI is InChI=1S/C12H14N4OS/c1-16-10-6-8(2-3-9(10)7-14-16)11(17)15-12-13-4-5-18-12/h4-5,7-8H,2-3,6H2,1H3,(H,13,15,17). The van der Waals surface area contributed by atoms with Crippen LogP contribution in [-0.2, 0) is 24.7 Å². The van der Waals surface area contributed by atoms with Crippen molar-refractivity contribution in [1.29, 1.82) is 0 Å². The fraction of sp³-hybridized carbons (Fsp3) is 0.417. The highest BCUT2D eigenvalue weighted by Crippen LogP contribution is 2.26. The minimum atomic E-state index is 0.0248. The van der Waals surface area contributed by atoms with E-state index in [2.05, 4.69) is 15.4 Å². The van der Waals surface area contributed by atoms with Gasteiger partial charge in [0, 0.05) is 36.7 Å². The molecule has 0 fully saturated rings. The lowest BCUT2D eigenvalue weighted by molar-refractivity contribution is -0.120. The number of anilines is 1. The van der Waals surface area contributed by atoms with E-state index in [4.69, 9.17) is 0 Å². The van der Waals surface area contributed by atoms with Gasteiger partial charge in [0.2, 0.25) is 5.91 Å². The molecule has 18 heavy (non-hydrogen) atoms. The molecule has 5 nitrogen and oxygen atoms in total. The molecule has 1 N–H and O–H groups in total. The molecule has 0 bridgehead atoms. The maximum Gasteiger partial charge on any atom is 0.229 e. The Labute approximate surface area is 109 Å². The summed E-state index contributed by atoms with van der Waals surface area (Å²) in [6.45, 7) is 0. The molecule has 2 aromatic rings. The normalized spacial score (nSPS) is 18.4. The molecular formula is C12H14N4OS. The van der Waals surface area contributed by atoms with Gasteiger partial charge in [-0.25, -0.2) is 4.98 Å². The second kappa shape index (κ2) is 4.53. The van der Waals surface area contributed by atoms with Crippen LogP contribution in [0.4, 0.5) is 5.13 Å². The Morgan fingerprint density at radius 3 is 3.28 bits per heavy atom. The lowest BCUT2D eigenvalue weighted by Gasteiger charge is -2.21. The van der Waals surface area contributed by atoms with Crippen molar-refractivity contribution in [1.82, 2.24) is 14.8 Å². The van der Waals surface area contributed by atoms with Gasteiger partial charge in [-0.3, -0.25) is 9.48 Å². The monoisotopic (exact) mass is 262 g/mol. The van der Waals surface area contributed by atoms with E-state index in [1.807, 2.05) is 23.3 Å². The van der Waals surface area contributed by atoms with E-state index >= 15 is 0 Å². The third-order valence-electron chi connectivity index (χ3n) is 3.38. The fourth-order valence-corrected chi connectivity index (χ4v) is 2.89. The number of thiazole rings is 1. The largest absolute Gasteiger partial charge is 0.302 e. The van der Waals surface area contributed by atoms with E-state index in [1.54, 1.807) is 6.20 Å². The number of aryl methyl sites for hydroxylation is 2. The van der Waals surface area contributed by atoms with Crippen molar-refractivity contribution in [2.24, 2.45) is 13.0 Å². The van der Waals surface area contributed by atoms with E-state index in [1.165, 1.54) is 22.6 Å². The van der Waals surface area contributed by atoms with Gasteiger partial charge in [0.1, 0.15) is 0 Å². The summed E-state index contributed by atoms with van der Waals surface area (Å²) in [5.41, 5.74) is 2.45. The number of hydrogen-bond acceptors (Lipinski definition) is 4. The Hall–Kier alpha value is -1.69. The Kier molecular flexibility index (Phi) is 2.87. The maximum absolute atomic E-state index is 12.1. The number of fused-ring (bicyclic) bond motifs is 1. The molecule has 1 atom stereocenters. The van der Waals surface area contributed by atoms with Crippen LogP contribution in [-0.4, -0.2) is 20.7 Å². The number of carbonyl (C=O) groups is 1. The molecule has 6 heteroatoms. The smallest absolute Gasteiger partial charge is 0.229 e. The zero-order valence-corrected chi connectivity index (χ0v) is 10.9. The van der Waals surface area contributed by atoms with Crippen LogP contribution in [0, 0.1) is 5.92 Å². The summed E-state index contributed by atoms with van der Waals surface area (Å²) in [5, 5.41) is 9.65. The highest BCUT2D eigenvalue weighted by atomic mass is 32.1. The van der Waals surface area contributed by atoms with E-state index in [0.29, 0.717) is 5.13 Å². The topological polar surface area (TPSA) is 59.8 Å². The average molecular weight is 262 g/mol. The van der Waals surface area contributed by atoms with Crippen LogP contribution in [0.1, 0.15) is 17.7 Å². The van der Waals surface area contributed by atoms with E-state index < -0.39 is 0 Å². The molecule has 0 saturated carbocycles. The van der Waals surface area contributed by atoms with Gasteiger partial charge in [0.05, 0.1) is 6.20 Å². The van der Waals surface area contributed by atoms with E-state index in [0.717, 1.165) is 19.3 Å². The number of nitrogens with one attached hydrogen (secondary N) is 1. The number of carbonyl (C=O) groups excluding carboxylic acids is 1. The molecule has 2 aromatic heterocycles. The molecule has 2 heterocycles. The molecule has 94 valence electrons. The van der Waals surface area contributed by atoms with Gasteiger partial charge >= 0.3 is 0 Å². The van der Waals surface area contributed by atoms with Crippen molar-refractivity contribution in [3.63, 3.8) is 0 Å². The first kappa shape index (κ1) is 11.4. The first-order valence-corrected chi connectivity index (χ1v) is 6.82. The SMILES string of the molecule is Cn1ncc2c1CC(C(=O)Nc1nccs1)CC2. The molecule has 0 aromatic carbocycles. The van der Waals surface area contributed by atoms with Crippen LogP contribution in [0.5, 0.6) is 0 Å². The van der Waals surface area contributed by atoms with Gasteiger partial charge in [-0.15, -0.1) is 11.3 Å². The molecular weight excluding hydrogens is 248 g/mol. The van der Waals surface area contributed by atoms with Gasteiger partial charge in [-0.05, 0) is 18.4 Å². The van der Waals surface area contributed by atoms with Crippen molar-refractivity contribution in [2.75, 3.05) is 5.32 Å². The van der Waals surface area contributed by atoms with Crippen molar-refractivity contribution in [3.8, 4) is 0 Å². The van der Waals surface area contributed by atoms with Crippen LogP contribution in [0.3, 0.4) is 0 Å². The van der Waals surface area contributed by atoms with Gasteiger partial charge in [0.15, 0.2) is 5.13 Å². The predicted molar refractivity (Wildman–Crippen MR) is 69.5 cm³/mol. The van der Waals surface area contributed by atoms with Crippen LogP contribution in [0.2, 0.25) is 0 Å². The molecule has 0 spiro atoms. The number of nitrogens with zero attached hydrogens (tertiary/aromatic N) is 3. The van der Waals surface area contributed by atoms with Crippen molar-refractivity contribution >= 4 is 22.4 Å². The number of amides is 1. The molecule has 0 radical (unpaired) electrons. The first-order chi connectivity index (χ1) is 8.74. The Bertz CT molecular complexity index is 561. The molecule has 1 aliphatic rings. The van der Waals surface area contributed by atoms with E-state index in [-0.39, 0.29) is 11.8 Å². The zero-order chi connectivity index (χ0) is 12.5. The number of hydrogen-bond donors (Lipinski definition) is 1. The van der Waals surface area contributed by atoms with Crippen LogP contribution >= 0.6 is 11.3 Å². The molecule has 1 unspecified atom stereocenters. The Morgan fingerprint density at radius 2 is 2.50 bits per heavy atom. The van der Waals surface area contributed by atoms with E-state index in [9.17, 15) is 4.79 Å². The summed E-state index contributed by atoms with van der Waals surface area (Å²) < 4.78 is 1.87. The number of aromatic nitrogens is 3. The van der Waals surface area contributed by atoms with Crippen LogP contribution in [0.15, 0.2) is 17.8 Å². The highest BCUT2D eigenvalue weighted by molar-refractivity contribution is 7.13. The maximum atomic E-state index is 12.1. The molecule has 3 rings (SSSR count). The quantitative estimate of drug-likeness (QED) is 0.894. The predicted octanol–water partition coefficient (Wildman–Crippen LogP) is 1.62. The highest BCUT2D eigenvalue weighted by Gasteiger charge is 2.27. The van der Waals surface area contributed by atoms with Crippen LogP contribution in [0.25, 0.3) is 0 Å². The van der Waals surface area contributed by atoms with Crippen LogP contribution < -0.4 is 5.32 Å². The Morgan fingerprint density at radius 1 is 1.61 bits per heavy atom. The lowest BCUT2D eigenvalue weighted by Crippen LogP contribution is -2.28. The Balaban J connectivity index is 1.72. The molecule has 1 aliphatic carbocycles. The fourth-order valence-electron chi connectivity index (χ4n) is 2.36. The second-order valence-electron chi connectivity index (χ2n) is 4.51. The van der Waals surface area contributed by atoms with Gasteiger partial charge in [-0.2, -0.15) is 5.10 Å². The minimum Gasteiger partial charge on any atom is -0.302 e. The van der Waals surface area contributed by atoms with Crippen molar-refractivity contribution < 1.29 is 4.79 Å². The summed E-state index contributed by atoms with van der Waals surface area (Å²) >= 11 is 1.45. The van der Waals surface area contributed by atoms with Gasteiger partial charge in [0.25, 0.3) is 0 Å². The van der Waals surface area contributed by atoms with Gasteiger partial charge < -0.3 is 5.32 Å². The zero-order valence-electron chi connectivity index (χ0n) is 10.1. The molecule has 0 aliphatic heterocycles. The summed E-state index contributed by atoms with van der Waals surface area (Å²) in [4.78, 5) is 16.2. The second-order valence-corrected chi connectivity index (χ2v) is 5.40. The summed E-state index contributed by atoms with van der Waals surface area (Å²) in [5.74, 6) is 0.0913.